The van der Waals surface area contributed by atoms with Crippen molar-refractivity contribution in [1.82, 2.24) is 19.5 Å². The summed E-state index contributed by atoms with van der Waals surface area (Å²) in [6.07, 6.45) is 6.59. The minimum atomic E-state index is -0.305. The molecule has 1 saturated carbocycles. The molecule has 0 bridgehead atoms. The molecule has 1 aliphatic carbocycles. The number of imidazole rings is 1. The maximum atomic E-state index is 12.7. The van der Waals surface area contributed by atoms with Gasteiger partial charge in [-0.05, 0) is 31.4 Å². The smallest absolute Gasteiger partial charge is 0.225 e. The molecular weight excluding hydrogens is 306 g/mol. The van der Waals surface area contributed by atoms with Crippen molar-refractivity contribution in [3.05, 3.63) is 24.5 Å². The molecule has 2 aromatic rings. The molecule has 24 heavy (non-hydrogen) atoms. The van der Waals surface area contributed by atoms with Crippen LogP contribution in [0.15, 0.2) is 24.5 Å². The summed E-state index contributed by atoms with van der Waals surface area (Å²) in [5.41, 5.74) is 0.836. The van der Waals surface area contributed by atoms with Crippen LogP contribution in [0.3, 0.4) is 0 Å². The summed E-state index contributed by atoms with van der Waals surface area (Å²) in [5.74, 6) is 1.13. The highest BCUT2D eigenvalue weighted by atomic mass is 16.3. The average Bonchev–Trinajstić information content (AvgIpc) is 3.09. The minimum Gasteiger partial charge on any atom is -0.393 e. The molecule has 7 heteroatoms. The first kappa shape index (κ1) is 15.4. The lowest BCUT2D eigenvalue weighted by Gasteiger charge is -2.38. The molecule has 128 valence electrons. The van der Waals surface area contributed by atoms with E-state index < -0.39 is 0 Å². The van der Waals surface area contributed by atoms with Gasteiger partial charge in [0.05, 0.1) is 6.10 Å². The van der Waals surface area contributed by atoms with Crippen LogP contribution < -0.4 is 4.90 Å². The topological polar surface area (TPSA) is 74.0 Å². The summed E-state index contributed by atoms with van der Waals surface area (Å²) in [6, 6.07) is 3.95. The van der Waals surface area contributed by atoms with Crippen LogP contribution >= 0.6 is 0 Å². The molecule has 4 rings (SSSR count). The number of amides is 1. The van der Waals surface area contributed by atoms with Crippen molar-refractivity contribution in [2.24, 2.45) is 5.92 Å². The lowest BCUT2D eigenvalue weighted by Crippen LogP contribution is -2.51. The van der Waals surface area contributed by atoms with Crippen LogP contribution in [0, 0.1) is 5.92 Å². The molecule has 0 radical (unpaired) electrons. The normalized spacial score (nSPS) is 25.2. The molecular formula is C17H23N5O2. The van der Waals surface area contributed by atoms with Crippen molar-refractivity contribution >= 4 is 17.4 Å². The average molecular weight is 329 g/mol. The molecule has 0 unspecified atom stereocenters. The first-order chi connectivity index (χ1) is 11.7. The van der Waals surface area contributed by atoms with Gasteiger partial charge in [0.2, 0.25) is 5.91 Å². The molecule has 2 atom stereocenters. The van der Waals surface area contributed by atoms with E-state index in [0.717, 1.165) is 56.9 Å². The Hall–Kier alpha value is -2.15. The number of hydrogen-bond acceptors (Lipinski definition) is 5. The van der Waals surface area contributed by atoms with Crippen LogP contribution in [0.5, 0.6) is 0 Å². The highest BCUT2D eigenvalue weighted by molar-refractivity contribution is 5.79. The number of carbonyl (C=O) groups is 1. The van der Waals surface area contributed by atoms with Crippen molar-refractivity contribution in [3.8, 4) is 0 Å². The second kappa shape index (κ2) is 6.39. The number of aliphatic hydroxyl groups is 1. The van der Waals surface area contributed by atoms with Gasteiger partial charge in [0, 0.05) is 44.5 Å². The molecule has 2 fully saturated rings. The Labute approximate surface area is 140 Å². The second-order valence-corrected chi connectivity index (χ2v) is 6.75. The maximum Gasteiger partial charge on any atom is 0.225 e. The summed E-state index contributed by atoms with van der Waals surface area (Å²) in [6.45, 7) is 3.01. The number of aliphatic hydroxyl groups excluding tert-OH is 1. The third-order valence-electron chi connectivity index (χ3n) is 5.15. The van der Waals surface area contributed by atoms with Crippen LogP contribution in [0.1, 0.15) is 25.7 Å². The van der Waals surface area contributed by atoms with Gasteiger partial charge >= 0.3 is 0 Å². The van der Waals surface area contributed by atoms with E-state index in [4.69, 9.17) is 0 Å². The third-order valence-corrected chi connectivity index (χ3v) is 5.15. The maximum absolute atomic E-state index is 12.7. The monoisotopic (exact) mass is 329 g/mol. The summed E-state index contributed by atoms with van der Waals surface area (Å²) < 4.78 is 1.77. The summed E-state index contributed by atoms with van der Waals surface area (Å²) in [4.78, 5) is 21.0. The van der Waals surface area contributed by atoms with Crippen molar-refractivity contribution in [2.75, 3.05) is 31.1 Å². The Morgan fingerprint density at radius 3 is 2.79 bits per heavy atom. The van der Waals surface area contributed by atoms with Gasteiger partial charge in [0.15, 0.2) is 5.65 Å². The van der Waals surface area contributed by atoms with Crippen molar-refractivity contribution < 1.29 is 9.90 Å². The van der Waals surface area contributed by atoms with E-state index in [-0.39, 0.29) is 17.9 Å². The van der Waals surface area contributed by atoms with E-state index in [9.17, 15) is 9.90 Å². The molecule has 1 N–H and O–H groups in total. The molecule has 7 nitrogen and oxygen atoms in total. The van der Waals surface area contributed by atoms with Gasteiger partial charge in [0.1, 0.15) is 5.82 Å². The van der Waals surface area contributed by atoms with E-state index in [1.807, 2.05) is 23.2 Å². The van der Waals surface area contributed by atoms with Gasteiger partial charge in [-0.25, -0.2) is 9.50 Å². The van der Waals surface area contributed by atoms with Crippen molar-refractivity contribution in [1.29, 1.82) is 0 Å². The fourth-order valence-electron chi connectivity index (χ4n) is 3.78. The highest BCUT2D eigenvalue weighted by Gasteiger charge is 2.31. The fourth-order valence-corrected chi connectivity index (χ4v) is 3.78. The lowest BCUT2D eigenvalue weighted by atomic mass is 9.86. The lowest BCUT2D eigenvalue weighted by molar-refractivity contribution is -0.138. The first-order valence-corrected chi connectivity index (χ1v) is 8.73. The van der Waals surface area contributed by atoms with Gasteiger partial charge in [0.25, 0.3) is 0 Å². The van der Waals surface area contributed by atoms with Crippen molar-refractivity contribution in [2.45, 2.75) is 31.8 Å². The van der Waals surface area contributed by atoms with E-state index in [1.54, 1.807) is 10.7 Å². The predicted octanol–water partition coefficient (Wildman–Crippen LogP) is 0.929. The molecule has 1 amide bonds. The number of anilines is 1. The van der Waals surface area contributed by atoms with Crippen LogP contribution in [-0.2, 0) is 4.79 Å². The van der Waals surface area contributed by atoms with Gasteiger partial charge < -0.3 is 14.9 Å². The van der Waals surface area contributed by atoms with E-state index >= 15 is 0 Å². The number of piperazine rings is 1. The quantitative estimate of drug-likeness (QED) is 0.887. The summed E-state index contributed by atoms with van der Waals surface area (Å²) >= 11 is 0. The fraction of sp³-hybridized carbons (Fsp3) is 0.588. The van der Waals surface area contributed by atoms with Crippen LogP contribution in [0.25, 0.3) is 5.65 Å². The van der Waals surface area contributed by atoms with E-state index in [2.05, 4.69) is 15.0 Å². The van der Waals surface area contributed by atoms with Gasteiger partial charge in [-0.2, -0.15) is 0 Å². The van der Waals surface area contributed by atoms with Gasteiger partial charge in [-0.1, -0.05) is 6.42 Å². The Bertz CT molecular complexity index is 723. The van der Waals surface area contributed by atoms with Crippen LogP contribution in [-0.4, -0.2) is 62.8 Å². The molecule has 0 aromatic carbocycles. The summed E-state index contributed by atoms with van der Waals surface area (Å²) in [5, 5.41) is 14.4. The number of aromatic nitrogens is 3. The van der Waals surface area contributed by atoms with E-state index in [1.165, 1.54) is 0 Å². The summed E-state index contributed by atoms with van der Waals surface area (Å²) in [7, 11) is 0. The Morgan fingerprint density at radius 1 is 1.17 bits per heavy atom. The second-order valence-electron chi connectivity index (χ2n) is 6.75. The predicted molar refractivity (Wildman–Crippen MR) is 89.7 cm³/mol. The first-order valence-electron chi connectivity index (χ1n) is 8.73. The van der Waals surface area contributed by atoms with Crippen LogP contribution in [0.4, 0.5) is 5.82 Å². The zero-order chi connectivity index (χ0) is 16.5. The number of hydrogen-bond donors (Lipinski definition) is 1. The Balaban J connectivity index is 1.38. The SMILES string of the molecule is O=C([C@H]1CCC[C@@H](O)C1)N1CCN(c2ccc3nccn3n2)CC1. The molecule has 1 aliphatic heterocycles. The molecule has 1 saturated heterocycles. The minimum absolute atomic E-state index is 0.000670. The Kier molecular flexibility index (Phi) is 4.10. The number of rotatable bonds is 2. The standard InChI is InChI=1S/C17H23N5O2/c23-14-3-1-2-13(12-14)17(24)21-10-8-20(9-11-21)16-5-4-15-18-6-7-22(15)19-16/h4-7,13-14,23H,1-3,8-12H2/t13-,14+/m0/s1. The number of carbonyl (C=O) groups excluding carboxylic acids is 1. The van der Waals surface area contributed by atoms with E-state index in [0.29, 0.717) is 6.42 Å². The number of nitrogens with zero attached hydrogens (tertiary/aromatic N) is 5. The molecule has 2 aromatic heterocycles. The largest absolute Gasteiger partial charge is 0.393 e. The molecule has 2 aliphatic rings. The third kappa shape index (κ3) is 2.96. The molecule has 0 spiro atoms. The Morgan fingerprint density at radius 2 is 2.00 bits per heavy atom. The van der Waals surface area contributed by atoms with Crippen LogP contribution in [0.2, 0.25) is 0 Å². The number of fused-ring (bicyclic) bond motifs is 1. The van der Waals surface area contributed by atoms with Gasteiger partial charge in [-0.15, -0.1) is 5.10 Å². The molecule has 3 heterocycles. The highest BCUT2D eigenvalue weighted by Crippen LogP contribution is 2.26. The zero-order valence-corrected chi connectivity index (χ0v) is 13.7. The van der Waals surface area contributed by atoms with Gasteiger partial charge in [-0.3, -0.25) is 4.79 Å². The zero-order valence-electron chi connectivity index (χ0n) is 13.7. The van der Waals surface area contributed by atoms with Crippen molar-refractivity contribution in [3.63, 3.8) is 0 Å².